The summed E-state index contributed by atoms with van der Waals surface area (Å²) in [5.41, 5.74) is 1.03. The first-order valence-corrected chi connectivity index (χ1v) is 4.55. The molecule has 1 aromatic rings. The van der Waals surface area contributed by atoms with E-state index in [2.05, 4.69) is 28.7 Å². The lowest BCUT2D eigenvalue weighted by atomic mass is 10.1. The van der Waals surface area contributed by atoms with Gasteiger partial charge in [0.15, 0.2) is 0 Å². The minimum Gasteiger partial charge on any atom is -0.496 e. The average Bonchev–Trinajstić information content (AvgIpc) is 2.09. The summed E-state index contributed by atoms with van der Waals surface area (Å²) in [6.07, 6.45) is 0.440. The molecule has 0 spiro atoms. The van der Waals surface area contributed by atoms with Crippen molar-refractivity contribution in [3.05, 3.63) is 27.3 Å². The van der Waals surface area contributed by atoms with Gasteiger partial charge in [-0.05, 0) is 34.2 Å². The third-order valence-corrected chi connectivity index (χ3v) is 2.76. The number of halogens is 1. The van der Waals surface area contributed by atoms with Crippen LogP contribution in [0.5, 0.6) is 5.75 Å². The number of hydrogen-bond donors (Lipinski definition) is 0. The second-order valence-electron chi connectivity index (χ2n) is 2.27. The van der Waals surface area contributed by atoms with Crippen molar-refractivity contribution in [2.75, 3.05) is 7.11 Å². The van der Waals surface area contributed by atoms with Crippen LogP contribution in [0.25, 0.3) is 0 Å². The first kappa shape index (κ1) is 9.33. The van der Waals surface area contributed by atoms with E-state index < -0.39 is 0 Å². The maximum atomic E-state index is 8.51. The molecule has 1 aromatic carbocycles. The maximum absolute atomic E-state index is 8.51. The Hall–Kier alpha value is -0.760. The van der Waals surface area contributed by atoms with Crippen LogP contribution in [-0.4, -0.2) is 7.11 Å². The molecule has 0 aliphatic rings. The summed E-state index contributed by atoms with van der Waals surface area (Å²) < 4.78 is 6.14. The van der Waals surface area contributed by atoms with Crippen LogP contribution in [0.15, 0.2) is 18.2 Å². The van der Waals surface area contributed by atoms with Gasteiger partial charge in [0.05, 0.1) is 23.2 Å². The number of methoxy groups -OCH3 is 1. The van der Waals surface area contributed by atoms with Gasteiger partial charge in [-0.2, -0.15) is 5.26 Å². The van der Waals surface area contributed by atoms with Crippen molar-refractivity contribution in [1.82, 2.24) is 0 Å². The fraction of sp³-hybridized carbons (Fsp3) is 0.222. The van der Waals surface area contributed by atoms with Crippen molar-refractivity contribution >= 4 is 22.6 Å². The Morgan fingerprint density at radius 3 is 2.92 bits per heavy atom. The zero-order valence-electron chi connectivity index (χ0n) is 6.67. The Kier molecular flexibility index (Phi) is 3.35. The normalized spacial score (nSPS) is 9.08. The minimum absolute atomic E-state index is 0.440. The first-order chi connectivity index (χ1) is 5.79. The smallest absolute Gasteiger partial charge is 0.132 e. The number of rotatable bonds is 2. The maximum Gasteiger partial charge on any atom is 0.132 e. The Labute approximate surface area is 85.3 Å². The van der Waals surface area contributed by atoms with Gasteiger partial charge in [-0.3, -0.25) is 0 Å². The van der Waals surface area contributed by atoms with Gasteiger partial charge in [0.25, 0.3) is 0 Å². The van der Waals surface area contributed by atoms with E-state index in [1.165, 1.54) is 0 Å². The largest absolute Gasteiger partial charge is 0.496 e. The molecule has 12 heavy (non-hydrogen) atoms. The van der Waals surface area contributed by atoms with Crippen molar-refractivity contribution in [2.24, 2.45) is 0 Å². The highest BCUT2D eigenvalue weighted by atomic mass is 127. The van der Waals surface area contributed by atoms with Crippen LogP contribution in [-0.2, 0) is 6.42 Å². The Morgan fingerprint density at radius 1 is 1.58 bits per heavy atom. The van der Waals surface area contributed by atoms with Gasteiger partial charge in [-0.1, -0.05) is 12.1 Å². The quantitative estimate of drug-likeness (QED) is 0.775. The van der Waals surface area contributed by atoms with Crippen LogP contribution in [0.3, 0.4) is 0 Å². The van der Waals surface area contributed by atoms with Crippen molar-refractivity contribution in [3.63, 3.8) is 0 Å². The van der Waals surface area contributed by atoms with Crippen molar-refractivity contribution < 1.29 is 4.74 Å². The van der Waals surface area contributed by atoms with E-state index in [9.17, 15) is 0 Å². The summed E-state index contributed by atoms with van der Waals surface area (Å²) in [7, 11) is 1.63. The molecule has 0 aliphatic carbocycles. The van der Waals surface area contributed by atoms with Crippen molar-refractivity contribution in [3.8, 4) is 11.8 Å². The van der Waals surface area contributed by atoms with Gasteiger partial charge in [0, 0.05) is 0 Å². The fourth-order valence-electron chi connectivity index (χ4n) is 0.936. The lowest BCUT2D eigenvalue weighted by Crippen LogP contribution is -1.92. The second-order valence-corrected chi connectivity index (χ2v) is 3.35. The Morgan fingerprint density at radius 2 is 2.33 bits per heavy atom. The molecular weight excluding hydrogens is 265 g/mol. The van der Waals surface area contributed by atoms with Gasteiger partial charge in [0.2, 0.25) is 0 Å². The van der Waals surface area contributed by atoms with Gasteiger partial charge in [-0.15, -0.1) is 0 Å². The molecule has 0 amide bonds. The van der Waals surface area contributed by atoms with E-state index >= 15 is 0 Å². The van der Waals surface area contributed by atoms with Crippen LogP contribution in [0, 0.1) is 14.9 Å². The van der Waals surface area contributed by atoms with E-state index in [1.54, 1.807) is 7.11 Å². The van der Waals surface area contributed by atoms with Crippen molar-refractivity contribution in [2.45, 2.75) is 6.42 Å². The van der Waals surface area contributed by atoms with Crippen LogP contribution in [0.1, 0.15) is 5.56 Å². The molecule has 0 heterocycles. The predicted molar refractivity (Wildman–Crippen MR) is 55.0 cm³/mol. The SMILES string of the molecule is COc1cccc(CC#N)c1I. The van der Waals surface area contributed by atoms with Gasteiger partial charge < -0.3 is 4.74 Å². The molecular formula is C9H8INO. The molecule has 2 nitrogen and oxygen atoms in total. The molecule has 0 N–H and O–H groups in total. The molecule has 1 rings (SSSR count). The summed E-state index contributed by atoms with van der Waals surface area (Å²) in [6.45, 7) is 0. The number of benzene rings is 1. The summed E-state index contributed by atoms with van der Waals surface area (Å²) >= 11 is 2.19. The molecule has 62 valence electrons. The molecule has 0 aliphatic heterocycles. The Balaban J connectivity index is 3.07. The Bertz CT molecular complexity index is 317. The zero-order chi connectivity index (χ0) is 8.97. The van der Waals surface area contributed by atoms with E-state index in [1.807, 2.05) is 18.2 Å². The summed E-state index contributed by atoms with van der Waals surface area (Å²) in [5, 5.41) is 8.51. The van der Waals surface area contributed by atoms with Crippen molar-refractivity contribution in [1.29, 1.82) is 5.26 Å². The van der Waals surface area contributed by atoms with Gasteiger partial charge in [0.1, 0.15) is 5.75 Å². The van der Waals surface area contributed by atoms with Crippen LogP contribution in [0.4, 0.5) is 0 Å². The number of ether oxygens (including phenoxy) is 1. The fourth-order valence-corrected chi connectivity index (χ4v) is 1.71. The van der Waals surface area contributed by atoms with E-state index in [0.29, 0.717) is 6.42 Å². The zero-order valence-corrected chi connectivity index (χ0v) is 8.83. The van der Waals surface area contributed by atoms with Crippen LogP contribution >= 0.6 is 22.6 Å². The third kappa shape index (κ3) is 1.89. The number of hydrogen-bond acceptors (Lipinski definition) is 2. The highest BCUT2D eigenvalue weighted by molar-refractivity contribution is 14.1. The topological polar surface area (TPSA) is 33.0 Å². The van der Waals surface area contributed by atoms with E-state index in [-0.39, 0.29) is 0 Å². The molecule has 0 saturated carbocycles. The van der Waals surface area contributed by atoms with E-state index in [0.717, 1.165) is 14.9 Å². The van der Waals surface area contributed by atoms with Crippen LogP contribution < -0.4 is 4.74 Å². The summed E-state index contributed by atoms with van der Waals surface area (Å²) in [6, 6.07) is 7.84. The summed E-state index contributed by atoms with van der Waals surface area (Å²) in [5.74, 6) is 0.836. The highest BCUT2D eigenvalue weighted by Crippen LogP contribution is 2.23. The number of nitrogens with zero attached hydrogens (tertiary/aromatic N) is 1. The molecule has 0 unspecified atom stereocenters. The molecule has 0 bridgehead atoms. The molecule has 0 fully saturated rings. The molecule has 3 heteroatoms. The van der Waals surface area contributed by atoms with Gasteiger partial charge in [-0.25, -0.2) is 0 Å². The standard InChI is InChI=1S/C9H8INO/c1-12-8-4-2-3-7(5-6-11)9(8)10/h2-4H,5H2,1H3. The molecule has 0 atom stereocenters. The summed E-state index contributed by atoms with van der Waals surface area (Å²) in [4.78, 5) is 0. The van der Waals surface area contributed by atoms with Crippen LogP contribution in [0.2, 0.25) is 0 Å². The minimum atomic E-state index is 0.440. The third-order valence-electron chi connectivity index (χ3n) is 1.53. The second kappa shape index (κ2) is 4.31. The lowest BCUT2D eigenvalue weighted by molar-refractivity contribution is 0.411. The monoisotopic (exact) mass is 273 g/mol. The number of nitriles is 1. The average molecular weight is 273 g/mol. The molecule has 0 radical (unpaired) electrons. The first-order valence-electron chi connectivity index (χ1n) is 3.48. The van der Waals surface area contributed by atoms with E-state index in [4.69, 9.17) is 10.00 Å². The lowest BCUT2D eigenvalue weighted by Gasteiger charge is -2.05. The molecule has 0 saturated heterocycles. The van der Waals surface area contributed by atoms with Gasteiger partial charge >= 0.3 is 0 Å². The molecule has 0 aromatic heterocycles. The highest BCUT2D eigenvalue weighted by Gasteiger charge is 2.03. The predicted octanol–water partition coefficient (Wildman–Crippen LogP) is 2.37.